The molecule has 8 heteroatoms. The third kappa shape index (κ3) is 4.01. The van der Waals surface area contributed by atoms with Crippen LogP contribution in [-0.4, -0.2) is 31.7 Å². The Hall–Kier alpha value is -2.35. The standard InChI is InChI=1S/C17H11ClN2O3S2/c18-12-4-1-10(2-5-12)9-19-20-16(23)15(25-17(20)24)7-11-3-6-13(21)8-14(11)22/h1-9,21-22H/b15-7+,19-9+. The Kier molecular flexibility index (Phi) is 5.08. The van der Waals surface area contributed by atoms with E-state index in [9.17, 15) is 15.0 Å². The summed E-state index contributed by atoms with van der Waals surface area (Å²) in [6.45, 7) is 0. The zero-order valence-corrected chi connectivity index (χ0v) is 15.0. The van der Waals surface area contributed by atoms with Crippen LogP contribution < -0.4 is 0 Å². The lowest BCUT2D eigenvalue weighted by atomic mass is 10.1. The molecule has 3 rings (SSSR count). The van der Waals surface area contributed by atoms with Gasteiger partial charge in [-0.15, -0.1) is 0 Å². The number of benzene rings is 2. The van der Waals surface area contributed by atoms with Crippen LogP contribution in [0.1, 0.15) is 11.1 Å². The average molecular weight is 391 g/mol. The fourth-order valence-electron chi connectivity index (χ4n) is 2.03. The van der Waals surface area contributed by atoms with Crippen LogP contribution in [0.3, 0.4) is 0 Å². The molecule has 1 aliphatic rings. The molecule has 0 saturated carbocycles. The second kappa shape index (κ2) is 7.26. The van der Waals surface area contributed by atoms with Gasteiger partial charge >= 0.3 is 0 Å². The van der Waals surface area contributed by atoms with Crippen molar-refractivity contribution < 1.29 is 15.0 Å². The SMILES string of the molecule is O=C1/C(=C\c2ccc(O)cc2O)SC(=S)N1/N=C/c1ccc(Cl)cc1. The molecule has 0 spiro atoms. The van der Waals surface area contributed by atoms with Gasteiger partial charge in [0.05, 0.1) is 11.1 Å². The number of aromatic hydroxyl groups is 2. The number of phenols is 2. The van der Waals surface area contributed by atoms with Gasteiger partial charge in [-0.1, -0.05) is 35.5 Å². The molecule has 1 saturated heterocycles. The topological polar surface area (TPSA) is 73.1 Å². The maximum Gasteiger partial charge on any atom is 0.286 e. The van der Waals surface area contributed by atoms with Crippen molar-refractivity contribution in [1.29, 1.82) is 0 Å². The first-order chi connectivity index (χ1) is 11.9. The number of carbonyl (C=O) groups is 1. The Bertz CT molecular complexity index is 911. The van der Waals surface area contributed by atoms with Gasteiger partial charge in [0.25, 0.3) is 5.91 Å². The first-order valence-corrected chi connectivity index (χ1v) is 8.64. The van der Waals surface area contributed by atoms with Crippen molar-refractivity contribution in [3.8, 4) is 11.5 Å². The summed E-state index contributed by atoms with van der Waals surface area (Å²) in [5.41, 5.74) is 1.18. The number of hydrazone groups is 1. The van der Waals surface area contributed by atoms with E-state index in [-0.39, 0.29) is 17.4 Å². The van der Waals surface area contributed by atoms with Crippen LogP contribution in [0, 0.1) is 0 Å². The normalized spacial score (nSPS) is 16.4. The van der Waals surface area contributed by atoms with Gasteiger partial charge in [0, 0.05) is 16.7 Å². The molecule has 126 valence electrons. The van der Waals surface area contributed by atoms with E-state index in [1.807, 2.05) is 0 Å². The number of amides is 1. The molecule has 0 aromatic heterocycles. The highest BCUT2D eigenvalue weighted by atomic mass is 35.5. The van der Waals surface area contributed by atoms with E-state index in [0.29, 0.717) is 19.8 Å². The lowest BCUT2D eigenvalue weighted by Gasteiger charge is -2.06. The molecule has 2 aromatic rings. The minimum absolute atomic E-state index is 0.0604. The van der Waals surface area contributed by atoms with Gasteiger partial charge in [-0.3, -0.25) is 4.79 Å². The second-order valence-corrected chi connectivity index (χ2v) is 7.14. The number of phenolic OH excluding ortho intramolecular Hbond substituents is 2. The van der Waals surface area contributed by atoms with Crippen molar-refractivity contribution >= 4 is 58.1 Å². The fraction of sp³-hybridized carbons (Fsp3) is 0. The van der Waals surface area contributed by atoms with E-state index in [2.05, 4.69) is 5.10 Å². The Morgan fingerprint density at radius 2 is 1.88 bits per heavy atom. The predicted molar refractivity (Wildman–Crippen MR) is 104 cm³/mol. The molecule has 0 aliphatic carbocycles. The van der Waals surface area contributed by atoms with Gasteiger partial charge in [0.15, 0.2) is 4.32 Å². The molecule has 5 nitrogen and oxygen atoms in total. The summed E-state index contributed by atoms with van der Waals surface area (Å²) < 4.78 is 0.291. The van der Waals surface area contributed by atoms with Crippen LogP contribution in [-0.2, 0) is 4.79 Å². The largest absolute Gasteiger partial charge is 0.508 e. The Balaban J connectivity index is 1.82. The van der Waals surface area contributed by atoms with Crippen molar-refractivity contribution in [2.24, 2.45) is 5.10 Å². The van der Waals surface area contributed by atoms with Gasteiger partial charge in [-0.05, 0) is 48.1 Å². The summed E-state index contributed by atoms with van der Waals surface area (Å²) in [4.78, 5) is 12.8. The fourth-order valence-corrected chi connectivity index (χ4v) is 3.32. The Morgan fingerprint density at radius 1 is 1.16 bits per heavy atom. The van der Waals surface area contributed by atoms with Crippen molar-refractivity contribution in [3.05, 3.63) is 63.5 Å². The second-order valence-electron chi connectivity index (χ2n) is 5.03. The van der Waals surface area contributed by atoms with Gasteiger partial charge in [0.2, 0.25) is 0 Å². The van der Waals surface area contributed by atoms with Crippen molar-refractivity contribution in [2.45, 2.75) is 0 Å². The third-order valence-electron chi connectivity index (χ3n) is 3.27. The molecule has 1 aliphatic heterocycles. The van der Waals surface area contributed by atoms with Crippen molar-refractivity contribution in [1.82, 2.24) is 5.01 Å². The molecule has 2 aromatic carbocycles. The maximum atomic E-state index is 12.5. The van der Waals surface area contributed by atoms with E-state index in [1.165, 1.54) is 30.5 Å². The minimum atomic E-state index is -0.382. The average Bonchev–Trinajstić information content (AvgIpc) is 2.83. The summed E-state index contributed by atoms with van der Waals surface area (Å²) in [6, 6.07) is 11.1. The van der Waals surface area contributed by atoms with Crippen molar-refractivity contribution in [2.75, 3.05) is 0 Å². The van der Waals surface area contributed by atoms with E-state index in [1.54, 1.807) is 24.3 Å². The molecule has 1 amide bonds. The number of thiocarbonyl (C=S) groups is 1. The zero-order chi connectivity index (χ0) is 18.0. The smallest absolute Gasteiger partial charge is 0.286 e. The minimum Gasteiger partial charge on any atom is -0.508 e. The summed E-state index contributed by atoms with van der Waals surface area (Å²) in [7, 11) is 0. The molecule has 0 bridgehead atoms. The summed E-state index contributed by atoms with van der Waals surface area (Å²) >= 11 is 12.1. The molecule has 0 unspecified atom stereocenters. The lowest BCUT2D eigenvalue weighted by molar-refractivity contribution is -0.122. The number of carbonyl (C=O) groups excluding carboxylic acids is 1. The van der Waals surface area contributed by atoms with Crippen LogP contribution >= 0.6 is 35.6 Å². The highest BCUT2D eigenvalue weighted by Gasteiger charge is 2.32. The Labute approximate surface area is 158 Å². The summed E-state index contributed by atoms with van der Waals surface area (Å²) in [5, 5.41) is 25.0. The molecule has 25 heavy (non-hydrogen) atoms. The Morgan fingerprint density at radius 3 is 2.56 bits per heavy atom. The lowest BCUT2D eigenvalue weighted by Crippen LogP contribution is -2.22. The summed E-state index contributed by atoms with van der Waals surface area (Å²) in [6.07, 6.45) is 3.02. The number of nitrogens with zero attached hydrogens (tertiary/aromatic N) is 2. The maximum absolute atomic E-state index is 12.5. The van der Waals surface area contributed by atoms with Gasteiger partial charge < -0.3 is 10.2 Å². The number of rotatable bonds is 3. The van der Waals surface area contributed by atoms with E-state index < -0.39 is 0 Å². The summed E-state index contributed by atoms with van der Waals surface area (Å²) in [5.74, 6) is -0.572. The molecule has 2 N–H and O–H groups in total. The number of hydrogen-bond acceptors (Lipinski definition) is 6. The van der Waals surface area contributed by atoms with E-state index in [4.69, 9.17) is 23.8 Å². The highest BCUT2D eigenvalue weighted by Crippen LogP contribution is 2.34. The van der Waals surface area contributed by atoms with Crippen molar-refractivity contribution in [3.63, 3.8) is 0 Å². The molecule has 1 fully saturated rings. The van der Waals surface area contributed by atoms with E-state index >= 15 is 0 Å². The monoisotopic (exact) mass is 390 g/mol. The molecular weight excluding hydrogens is 380 g/mol. The molecule has 0 atom stereocenters. The molecular formula is C17H11ClN2O3S2. The number of thioether (sulfide) groups is 1. The molecule has 1 heterocycles. The third-order valence-corrected chi connectivity index (χ3v) is 4.80. The van der Waals surface area contributed by atoms with Crippen LogP contribution in [0.15, 0.2) is 52.5 Å². The predicted octanol–water partition coefficient (Wildman–Crippen LogP) is 3.99. The van der Waals surface area contributed by atoms with Crippen LogP contribution in [0.5, 0.6) is 11.5 Å². The highest BCUT2D eigenvalue weighted by molar-refractivity contribution is 8.26. The van der Waals surface area contributed by atoms with Crippen LogP contribution in [0.4, 0.5) is 0 Å². The zero-order valence-electron chi connectivity index (χ0n) is 12.6. The van der Waals surface area contributed by atoms with Gasteiger partial charge in [-0.2, -0.15) is 10.1 Å². The first kappa shape index (κ1) is 17.5. The van der Waals surface area contributed by atoms with Crippen LogP contribution in [0.2, 0.25) is 5.02 Å². The first-order valence-electron chi connectivity index (χ1n) is 7.03. The quantitative estimate of drug-likeness (QED) is 0.471. The van der Waals surface area contributed by atoms with E-state index in [0.717, 1.165) is 22.3 Å². The number of halogens is 1. The molecule has 0 radical (unpaired) electrons. The van der Waals surface area contributed by atoms with Crippen LogP contribution in [0.25, 0.3) is 6.08 Å². The van der Waals surface area contributed by atoms with Gasteiger partial charge in [0.1, 0.15) is 11.5 Å². The van der Waals surface area contributed by atoms with Gasteiger partial charge in [-0.25, -0.2) is 0 Å². The number of hydrogen-bond donors (Lipinski definition) is 2.